The number of nitrogens with zero attached hydrogens (tertiary/aromatic N) is 2. The van der Waals surface area contributed by atoms with Gasteiger partial charge in [0.1, 0.15) is 0 Å². The molecule has 1 aliphatic rings. The van der Waals surface area contributed by atoms with Gasteiger partial charge in [0.25, 0.3) is 5.91 Å². The standard InChI is InChI=1S/C18H22N4O2/c1-11(2)17-16(12(3)20-21-17)18(24)19-13-9-15(23)22(10-13)14-7-5-4-6-8-14/h4-8,11,13H,9-10H2,1-3H3,(H,19,24)(H,20,21). The quantitative estimate of drug-likeness (QED) is 0.905. The first-order chi connectivity index (χ1) is 11.5. The average molecular weight is 326 g/mol. The number of aromatic nitrogens is 2. The molecule has 2 heterocycles. The molecule has 0 aliphatic carbocycles. The van der Waals surface area contributed by atoms with Crippen LogP contribution in [0.3, 0.4) is 0 Å². The smallest absolute Gasteiger partial charge is 0.255 e. The first-order valence-corrected chi connectivity index (χ1v) is 8.18. The zero-order valence-electron chi connectivity index (χ0n) is 14.2. The molecule has 2 amide bonds. The van der Waals surface area contributed by atoms with Crippen LogP contribution in [0.4, 0.5) is 5.69 Å². The lowest BCUT2D eigenvalue weighted by molar-refractivity contribution is -0.117. The Kier molecular flexibility index (Phi) is 4.38. The number of carbonyl (C=O) groups is 2. The van der Waals surface area contributed by atoms with E-state index >= 15 is 0 Å². The Hall–Kier alpha value is -2.63. The summed E-state index contributed by atoms with van der Waals surface area (Å²) in [5, 5.41) is 10.1. The van der Waals surface area contributed by atoms with Gasteiger partial charge in [-0.1, -0.05) is 32.0 Å². The van der Waals surface area contributed by atoms with Crippen molar-refractivity contribution in [3.63, 3.8) is 0 Å². The fourth-order valence-electron chi connectivity index (χ4n) is 3.07. The van der Waals surface area contributed by atoms with Crippen LogP contribution in [-0.4, -0.2) is 34.6 Å². The van der Waals surface area contributed by atoms with Gasteiger partial charge in [0, 0.05) is 24.3 Å². The van der Waals surface area contributed by atoms with E-state index in [-0.39, 0.29) is 23.8 Å². The van der Waals surface area contributed by atoms with Crippen LogP contribution in [0.1, 0.15) is 47.9 Å². The number of rotatable bonds is 4. The average Bonchev–Trinajstić information content (AvgIpc) is 3.11. The third kappa shape index (κ3) is 3.04. The third-order valence-corrected chi connectivity index (χ3v) is 4.28. The fraction of sp³-hybridized carbons (Fsp3) is 0.389. The Bertz CT molecular complexity index is 752. The molecule has 24 heavy (non-hydrogen) atoms. The van der Waals surface area contributed by atoms with Gasteiger partial charge in [-0.15, -0.1) is 0 Å². The summed E-state index contributed by atoms with van der Waals surface area (Å²) in [5.74, 6) is 0.0129. The molecule has 0 bridgehead atoms. The molecule has 1 atom stereocenters. The minimum atomic E-state index is -0.195. The number of carbonyl (C=O) groups excluding carboxylic acids is 2. The summed E-state index contributed by atoms with van der Waals surface area (Å²) in [5.41, 5.74) is 2.96. The summed E-state index contributed by atoms with van der Waals surface area (Å²) >= 11 is 0. The molecule has 1 fully saturated rings. The summed E-state index contributed by atoms with van der Waals surface area (Å²) < 4.78 is 0. The lowest BCUT2D eigenvalue weighted by Gasteiger charge is -2.17. The number of para-hydroxylation sites is 1. The summed E-state index contributed by atoms with van der Waals surface area (Å²) in [7, 11) is 0. The summed E-state index contributed by atoms with van der Waals surface area (Å²) in [6, 6.07) is 9.33. The van der Waals surface area contributed by atoms with E-state index in [9.17, 15) is 9.59 Å². The number of nitrogens with one attached hydrogen (secondary N) is 2. The van der Waals surface area contributed by atoms with Crippen LogP contribution in [-0.2, 0) is 4.79 Å². The predicted molar refractivity (Wildman–Crippen MR) is 92.1 cm³/mol. The van der Waals surface area contributed by atoms with Gasteiger partial charge in [-0.3, -0.25) is 14.7 Å². The van der Waals surface area contributed by atoms with E-state index in [1.54, 1.807) is 4.90 Å². The van der Waals surface area contributed by atoms with Gasteiger partial charge in [-0.2, -0.15) is 5.10 Å². The van der Waals surface area contributed by atoms with E-state index in [4.69, 9.17) is 0 Å². The molecule has 1 aromatic carbocycles. The van der Waals surface area contributed by atoms with Gasteiger partial charge in [0.15, 0.2) is 0 Å². The molecule has 6 heteroatoms. The number of H-pyrrole nitrogens is 1. The molecule has 6 nitrogen and oxygen atoms in total. The first kappa shape index (κ1) is 16.2. The number of hydrogen-bond donors (Lipinski definition) is 2. The Morgan fingerprint density at radius 1 is 1.33 bits per heavy atom. The highest BCUT2D eigenvalue weighted by molar-refractivity contribution is 5.99. The Balaban J connectivity index is 1.73. The second-order valence-corrected chi connectivity index (χ2v) is 6.48. The van der Waals surface area contributed by atoms with Gasteiger partial charge >= 0.3 is 0 Å². The molecule has 1 unspecified atom stereocenters. The molecule has 126 valence electrons. The number of hydrogen-bond acceptors (Lipinski definition) is 3. The molecule has 1 aliphatic heterocycles. The maximum absolute atomic E-state index is 12.7. The normalized spacial score (nSPS) is 17.6. The van der Waals surface area contributed by atoms with Gasteiger partial charge in [-0.25, -0.2) is 0 Å². The third-order valence-electron chi connectivity index (χ3n) is 4.28. The second-order valence-electron chi connectivity index (χ2n) is 6.48. The highest BCUT2D eigenvalue weighted by Crippen LogP contribution is 2.23. The minimum absolute atomic E-state index is 0.0273. The summed E-state index contributed by atoms with van der Waals surface area (Å²) in [4.78, 5) is 26.6. The van der Waals surface area contributed by atoms with Crippen LogP contribution < -0.4 is 10.2 Å². The van der Waals surface area contributed by atoms with Crippen molar-refractivity contribution < 1.29 is 9.59 Å². The van der Waals surface area contributed by atoms with Crippen molar-refractivity contribution in [2.45, 2.75) is 39.2 Å². The van der Waals surface area contributed by atoms with Gasteiger partial charge in [-0.05, 0) is 25.0 Å². The fourth-order valence-corrected chi connectivity index (χ4v) is 3.07. The molecule has 1 aromatic heterocycles. The van der Waals surface area contributed by atoms with Crippen LogP contribution >= 0.6 is 0 Å². The topological polar surface area (TPSA) is 78.1 Å². The molecule has 3 rings (SSSR count). The van der Waals surface area contributed by atoms with E-state index in [1.165, 1.54) is 0 Å². The molecule has 1 saturated heterocycles. The maximum Gasteiger partial charge on any atom is 0.255 e. The van der Waals surface area contributed by atoms with Gasteiger partial charge < -0.3 is 10.2 Å². The van der Waals surface area contributed by atoms with Crippen molar-refractivity contribution in [1.29, 1.82) is 0 Å². The van der Waals surface area contributed by atoms with Crippen LogP contribution in [0.25, 0.3) is 0 Å². The predicted octanol–water partition coefficient (Wildman–Crippen LogP) is 2.38. The molecule has 0 radical (unpaired) electrons. The largest absolute Gasteiger partial charge is 0.347 e. The van der Waals surface area contributed by atoms with Crippen molar-refractivity contribution in [3.8, 4) is 0 Å². The number of aryl methyl sites for hydroxylation is 1. The highest BCUT2D eigenvalue weighted by Gasteiger charge is 2.32. The zero-order chi connectivity index (χ0) is 17.3. The van der Waals surface area contributed by atoms with Crippen LogP contribution in [0.5, 0.6) is 0 Å². The summed E-state index contributed by atoms with van der Waals surface area (Å²) in [6.45, 7) is 6.33. The molecular weight excluding hydrogens is 304 g/mol. The Morgan fingerprint density at radius 2 is 2.04 bits per heavy atom. The van der Waals surface area contributed by atoms with Crippen LogP contribution in [0.2, 0.25) is 0 Å². The van der Waals surface area contributed by atoms with Crippen LogP contribution in [0, 0.1) is 6.92 Å². The lowest BCUT2D eigenvalue weighted by atomic mass is 10.0. The molecule has 0 saturated carbocycles. The van der Waals surface area contributed by atoms with Crippen molar-refractivity contribution >= 4 is 17.5 Å². The number of aromatic amines is 1. The maximum atomic E-state index is 12.7. The second kappa shape index (κ2) is 6.47. The van der Waals surface area contributed by atoms with E-state index in [2.05, 4.69) is 15.5 Å². The minimum Gasteiger partial charge on any atom is -0.347 e. The number of benzene rings is 1. The van der Waals surface area contributed by atoms with Gasteiger partial charge in [0.05, 0.1) is 17.3 Å². The van der Waals surface area contributed by atoms with Crippen molar-refractivity contribution in [2.24, 2.45) is 0 Å². The van der Waals surface area contributed by atoms with E-state index in [1.807, 2.05) is 51.1 Å². The molecule has 2 aromatic rings. The first-order valence-electron chi connectivity index (χ1n) is 8.18. The van der Waals surface area contributed by atoms with E-state index < -0.39 is 0 Å². The van der Waals surface area contributed by atoms with Crippen molar-refractivity contribution in [2.75, 3.05) is 11.4 Å². The van der Waals surface area contributed by atoms with Crippen LogP contribution in [0.15, 0.2) is 30.3 Å². The van der Waals surface area contributed by atoms with E-state index in [0.29, 0.717) is 18.5 Å². The Labute approximate surface area is 141 Å². The number of amides is 2. The van der Waals surface area contributed by atoms with E-state index in [0.717, 1.165) is 17.1 Å². The monoisotopic (exact) mass is 326 g/mol. The SMILES string of the molecule is Cc1[nH]nc(C(C)C)c1C(=O)NC1CC(=O)N(c2ccccc2)C1. The van der Waals surface area contributed by atoms with Crippen molar-refractivity contribution in [1.82, 2.24) is 15.5 Å². The van der Waals surface area contributed by atoms with Crippen molar-refractivity contribution in [3.05, 3.63) is 47.3 Å². The highest BCUT2D eigenvalue weighted by atomic mass is 16.2. The summed E-state index contributed by atoms with van der Waals surface area (Å²) in [6.07, 6.45) is 0.314. The lowest BCUT2D eigenvalue weighted by Crippen LogP contribution is -2.37. The molecule has 0 spiro atoms. The van der Waals surface area contributed by atoms with Gasteiger partial charge in [0.2, 0.25) is 5.91 Å². The Morgan fingerprint density at radius 3 is 2.71 bits per heavy atom. The number of anilines is 1. The zero-order valence-corrected chi connectivity index (χ0v) is 14.2. The molecular formula is C18H22N4O2. The molecule has 2 N–H and O–H groups in total.